The molecule has 0 saturated carbocycles. The van der Waals surface area contributed by atoms with Crippen LogP contribution in [0.1, 0.15) is 31.9 Å². The van der Waals surface area contributed by atoms with Crippen molar-refractivity contribution in [3.8, 4) is 5.75 Å². The third-order valence-corrected chi connectivity index (χ3v) is 5.71. The summed E-state index contributed by atoms with van der Waals surface area (Å²) in [5, 5.41) is 11.3. The minimum Gasteiger partial charge on any atom is -0.491 e. The molecule has 29 heavy (non-hydrogen) atoms. The first-order valence-corrected chi connectivity index (χ1v) is 10.8. The van der Waals surface area contributed by atoms with Crippen LogP contribution in [0.3, 0.4) is 0 Å². The maximum Gasteiger partial charge on any atom is 0.123 e. The Balaban J connectivity index is 1.49. The molecule has 1 atom stereocenters. The van der Waals surface area contributed by atoms with Crippen molar-refractivity contribution in [1.82, 2.24) is 4.90 Å². The Kier molecular flexibility index (Phi) is 7.10. The Hall–Kier alpha value is -1.75. The van der Waals surface area contributed by atoms with Crippen LogP contribution in [0.25, 0.3) is 0 Å². The lowest BCUT2D eigenvalue weighted by atomic mass is 9.86. The molecule has 2 aromatic carbocycles. The van der Waals surface area contributed by atoms with E-state index in [0.29, 0.717) is 13.2 Å². The Morgan fingerprint density at radius 3 is 2.45 bits per heavy atom. The number of β-amino-alcohol motifs (C(OH)–C–C–N with tert-alkyl or cyclic N) is 1. The third-order valence-electron chi connectivity index (χ3n) is 5.48. The molecule has 1 N–H and O–H groups in total. The largest absolute Gasteiger partial charge is 0.491 e. The summed E-state index contributed by atoms with van der Waals surface area (Å²) in [6.07, 6.45) is -0.512. The fourth-order valence-electron chi connectivity index (χ4n) is 3.84. The molecule has 3 rings (SSSR count). The van der Waals surface area contributed by atoms with Crippen LogP contribution in [0.5, 0.6) is 5.75 Å². The van der Waals surface area contributed by atoms with Crippen LogP contribution >= 0.6 is 11.6 Å². The highest BCUT2D eigenvalue weighted by Gasteiger charge is 2.22. The van der Waals surface area contributed by atoms with Crippen LogP contribution in [0.4, 0.5) is 5.69 Å². The second-order valence-electron chi connectivity index (χ2n) is 8.93. The van der Waals surface area contributed by atoms with Crippen LogP contribution < -0.4 is 9.64 Å². The summed E-state index contributed by atoms with van der Waals surface area (Å²) in [7, 11) is 0. The Bertz CT molecular complexity index is 811. The highest BCUT2D eigenvalue weighted by molar-refractivity contribution is 6.30. The van der Waals surface area contributed by atoms with Crippen molar-refractivity contribution in [2.75, 3.05) is 44.2 Å². The van der Waals surface area contributed by atoms with E-state index in [1.165, 1.54) is 11.3 Å². The number of halogens is 1. The van der Waals surface area contributed by atoms with Crippen LogP contribution in [0.15, 0.2) is 42.5 Å². The molecule has 2 aromatic rings. The molecule has 0 bridgehead atoms. The SMILES string of the molecule is Cc1ccc(Cl)cc1N1CCN(C[C@@H](O)COc2ccccc2C(C)(C)C)CC1. The van der Waals surface area contributed by atoms with Gasteiger partial charge >= 0.3 is 0 Å². The smallest absolute Gasteiger partial charge is 0.123 e. The molecule has 4 nitrogen and oxygen atoms in total. The summed E-state index contributed by atoms with van der Waals surface area (Å²) < 4.78 is 5.98. The summed E-state index contributed by atoms with van der Waals surface area (Å²) in [5.41, 5.74) is 3.63. The maximum absolute atomic E-state index is 10.5. The Labute approximate surface area is 180 Å². The fraction of sp³-hybridized carbons (Fsp3) is 0.500. The summed E-state index contributed by atoms with van der Waals surface area (Å²) in [6.45, 7) is 13.3. The molecule has 5 heteroatoms. The van der Waals surface area contributed by atoms with Gasteiger partial charge in [0.25, 0.3) is 0 Å². The molecule has 1 aliphatic rings. The van der Waals surface area contributed by atoms with E-state index in [1.807, 2.05) is 30.3 Å². The Morgan fingerprint density at radius 2 is 1.76 bits per heavy atom. The number of hydrogen-bond acceptors (Lipinski definition) is 4. The van der Waals surface area contributed by atoms with Crippen molar-refractivity contribution in [2.24, 2.45) is 0 Å². The highest BCUT2D eigenvalue weighted by atomic mass is 35.5. The number of aliphatic hydroxyl groups is 1. The zero-order chi connectivity index (χ0) is 21.0. The van der Waals surface area contributed by atoms with Gasteiger partial charge in [0.1, 0.15) is 18.5 Å². The number of para-hydroxylation sites is 1. The highest BCUT2D eigenvalue weighted by Crippen LogP contribution is 2.31. The number of aliphatic hydroxyl groups excluding tert-OH is 1. The molecule has 0 unspecified atom stereocenters. The van der Waals surface area contributed by atoms with E-state index in [4.69, 9.17) is 16.3 Å². The van der Waals surface area contributed by atoms with E-state index in [0.717, 1.165) is 42.5 Å². The predicted octanol–water partition coefficient (Wildman–Crippen LogP) is 4.51. The quantitative estimate of drug-likeness (QED) is 0.751. The molecule has 0 amide bonds. The van der Waals surface area contributed by atoms with Gasteiger partial charge in [0.05, 0.1) is 0 Å². The molecule has 0 aliphatic carbocycles. The van der Waals surface area contributed by atoms with Crippen molar-refractivity contribution in [3.05, 3.63) is 58.6 Å². The van der Waals surface area contributed by atoms with E-state index in [9.17, 15) is 5.11 Å². The molecular formula is C24H33ClN2O2. The van der Waals surface area contributed by atoms with Crippen LogP contribution in [0, 0.1) is 6.92 Å². The molecule has 158 valence electrons. The number of benzene rings is 2. The first-order chi connectivity index (χ1) is 13.7. The standard InChI is InChI=1S/C24H33ClN2O2/c1-18-9-10-19(25)15-22(18)27-13-11-26(12-14-27)16-20(28)17-29-23-8-6-5-7-21(23)24(2,3)4/h5-10,15,20,28H,11-14,16-17H2,1-4H3/t20-/m1/s1. The van der Waals surface area contributed by atoms with Crippen molar-refractivity contribution < 1.29 is 9.84 Å². The number of rotatable bonds is 6. The average molecular weight is 417 g/mol. The van der Waals surface area contributed by atoms with Crippen molar-refractivity contribution in [1.29, 1.82) is 0 Å². The van der Waals surface area contributed by atoms with Gasteiger partial charge in [0.15, 0.2) is 0 Å². The summed E-state index contributed by atoms with van der Waals surface area (Å²) in [4.78, 5) is 4.68. The number of aryl methyl sites for hydroxylation is 1. The zero-order valence-corrected chi connectivity index (χ0v) is 18.7. The van der Waals surface area contributed by atoms with Crippen LogP contribution in [0.2, 0.25) is 5.02 Å². The molecule has 0 radical (unpaired) electrons. The monoisotopic (exact) mass is 416 g/mol. The van der Waals surface area contributed by atoms with Gasteiger partial charge < -0.3 is 14.7 Å². The number of anilines is 1. The summed E-state index contributed by atoms with van der Waals surface area (Å²) in [5.74, 6) is 0.861. The van der Waals surface area contributed by atoms with Crippen LogP contribution in [-0.4, -0.2) is 55.4 Å². The lowest BCUT2D eigenvalue weighted by Crippen LogP contribution is -2.49. The number of nitrogens with zero attached hydrogens (tertiary/aromatic N) is 2. The minimum atomic E-state index is -0.512. The zero-order valence-electron chi connectivity index (χ0n) is 18.0. The van der Waals surface area contributed by atoms with Gasteiger partial charge in [0.2, 0.25) is 0 Å². The van der Waals surface area contributed by atoms with Crippen molar-refractivity contribution in [3.63, 3.8) is 0 Å². The van der Waals surface area contributed by atoms with Gasteiger partial charge in [-0.2, -0.15) is 0 Å². The lowest BCUT2D eigenvalue weighted by Gasteiger charge is -2.37. The summed E-state index contributed by atoms with van der Waals surface area (Å²) >= 11 is 6.17. The topological polar surface area (TPSA) is 35.9 Å². The van der Waals surface area contributed by atoms with Gasteiger partial charge in [-0.1, -0.05) is 56.6 Å². The maximum atomic E-state index is 10.5. The van der Waals surface area contributed by atoms with E-state index in [2.05, 4.69) is 49.6 Å². The fourth-order valence-corrected chi connectivity index (χ4v) is 4.01. The normalized spacial score (nSPS) is 16.7. The van der Waals surface area contributed by atoms with Crippen LogP contribution in [-0.2, 0) is 5.41 Å². The number of ether oxygens (including phenoxy) is 1. The molecule has 0 aromatic heterocycles. The van der Waals surface area contributed by atoms with E-state index >= 15 is 0 Å². The molecule has 1 fully saturated rings. The predicted molar refractivity (Wildman–Crippen MR) is 121 cm³/mol. The molecule has 0 spiro atoms. The van der Waals surface area contributed by atoms with Gasteiger partial charge in [-0.05, 0) is 41.7 Å². The minimum absolute atomic E-state index is 0.0103. The third kappa shape index (κ3) is 5.88. The molecule has 1 heterocycles. The van der Waals surface area contributed by atoms with E-state index in [1.54, 1.807) is 0 Å². The molecular weight excluding hydrogens is 384 g/mol. The second kappa shape index (κ2) is 9.38. The van der Waals surface area contributed by atoms with E-state index < -0.39 is 6.10 Å². The second-order valence-corrected chi connectivity index (χ2v) is 9.37. The lowest BCUT2D eigenvalue weighted by molar-refractivity contribution is 0.0656. The molecule has 1 aliphatic heterocycles. The van der Waals surface area contributed by atoms with Gasteiger partial charge in [-0.15, -0.1) is 0 Å². The average Bonchev–Trinajstić information content (AvgIpc) is 2.68. The Morgan fingerprint density at radius 1 is 1.07 bits per heavy atom. The number of piperazine rings is 1. The van der Waals surface area contributed by atoms with Gasteiger partial charge in [-0.25, -0.2) is 0 Å². The van der Waals surface area contributed by atoms with E-state index in [-0.39, 0.29) is 5.41 Å². The number of hydrogen-bond donors (Lipinski definition) is 1. The van der Waals surface area contributed by atoms with Crippen molar-refractivity contribution >= 4 is 17.3 Å². The first-order valence-electron chi connectivity index (χ1n) is 10.4. The van der Waals surface area contributed by atoms with Crippen molar-refractivity contribution in [2.45, 2.75) is 39.2 Å². The summed E-state index contributed by atoms with van der Waals surface area (Å²) in [6, 6.07) is 14.1. The van der Waals surface area contributed by atoms with Gasteiger partial charge in [0, 0.05) is 43.4 Å². The van der Waals surface area contributed by atoms with Gasteiger partial charge in [-0.3, -0.25) is 4.90 Å². The molecule has 1 saturated heterocycles. The first kappa shape index (κ1) is 21.9.